The first-order valence-corrected chi connectivity index (χ1v) is 5.57. The summed E-state index contributed by atoms with van der Waals surface area (Å²) in [6.45, 7) is 9.55. The predicted molar refractivity (Wildman–Crippen MR) is 54.9 cm³/mol. The molecule has 0 spiro atoms. The third kappa shape index (κ3) is 1.89. The quantitative estimate of drug-likeness (QED) is 0.599. The highest BCUT2D eigenvalue weighted by molar-refractivity contribution is 4.92. The summed E-state index contributed by atoms with van der Waals surface area (Å²) >= 11 is 0. The van der Waals surface area contributed by atoms with Gasteiger partial charge in [0.25, 0.3) is 0 Å². The fourth-order valence-corrected chi connectivity index (χ4v) is 2.81. The fraction of sp³-hybridized carbons (Fsp3) is 1.00. The second kappa shape index (κ2) is 3.58. The van der Waals surface area contributed by atoms with Crippen LogP contribution < -0.4 is 5.32 Å². The lowest BCUT2D eigenvalue weighted by Crippen LogP contribution is -2.51. The van der Waals surface area contributed by atoms with Crippen LogP contribution in [0.1, 0.15) is 33.1 Å². The molecule has 2 heterocycles. The Balaban J connectivity index is 2.02. The lowest BCUT2D eigenvalue weighted by Gasteiger charge is -2.43. The van der Waals surface area contributed by atoms with Crippen molar-refractivity contribution in [2.45, 2.75) is 39.2 Å². The lowest BCUT2D eigenvalue weighted by atomic mass is 9.79. The van der Waals surface area contributed by atoms with Crippen LogP contribution in [-0.2, 0) is 0 Å². The summed E-state index contributed by atoms with van der Waals surface area (Å²) in [6.07, 6.45) is 4.10. The standard InChI is InChI=1S/C11H21N2/c1-11(2)9-12-6-5-10(11)13-7-3-4-8-13/h10H,3-9H2,1-2H3. The molecule has 0 saturated carbocycles. The van der Waals surface area contributed by atoms with Gasteiger partial charge in [-0.1, -0.05) is 13.8 Å². The van der Waals surface area contributed by atoms with Gasteiger partial charge < -0.3 is 0 Å². The molecule has 1 unspecified atom stereocenters. The molecule has 13 heavy (non-hydrogen) atoms. The summed E-state index contributed by atoms with van der Waals surface area (Å²) in [7, 11) is 0. The molecule has 0 amide bonds. The molecule has 0 N–H and O–H groups in total. The maximum absolute atomic E-state index is 4.52. The topological polar surface area (TPSA) is 17.3 Å². The van der Waals surface area contributed by atoms with Crippen molar-refractivity contribution in [2.24, 2.45) is 5.41 Å². The van der Waals surface area contributed by atoms with Crippen LogP contribution >= 0.6 is 0 Å². The van der Waals surface area contributed by atoms with E-state index in [4.69, 9.17) is 0 Å². The molecule has 1 atom stereocenters. The fourth-order valence-electron chi connectivity index (χ4n) is 2.81. The van der Waals surface area contributed by atoms with E-state index in [2.05, 4.69) is 24.1 Å². The van der Waals surface area contributed by atoms with Crippen molar-refractivity contribution >= 4 is 0 Å². The normalized spacial score (nSPS) is 35.1. The van der Waals surface area contributed by atoms with Gasteiger partial charge in [-0.25, -0.2) is 5.32 Å². The maximum Gasteiger partial charge on any atom is 0.0199 e. The van der Waals surface area contributed by atoms with E-state index in [1.807, 2.05) is 0 Å². The summed E-state index contributed by atoms with van der Waals surface area (Å²) in [4.78, 5) is 2.69. The number of nitrogens with zero attached hydrogens (tertiary/aromatic N) is 2. The molecule has 0 bridgehead atoms. The van der Waals surface area contributed by atoms with Crippen LogP contribution in [0, 0.1) is 5.41 Å². The highest BCUT2D eigenvalue weighted by Gasteiger charge is 2.37. The van der Waals surface area contributed by atoms with Crippen LogP contribution in [0.4, 0.5) is 0 Å². The number of rotatable bonds is 1. The SMILES string of the molecule is CC1(C)C[N]CCC1N1CCCC1. The van der Waals surface area contributed by atoms with E-state index in [1.165, 1.54) is 32.4 Å². The number of hydrogen-bond acceptors (Lipinski definition) is 1. The van der Waals surface area contributed by atoms with Crippen LogP contribution in [0.25, 0.3) is 0 Å². The molecule has 2 nitrogen and oxygen atoms in total. The van der Waals surface area contributed by atoms with Crippen molar-refractivity contribution < 1.29 is 0 Å². The van der Waals surface area contributed by atoms with Crippen molar-refractivity contribution in [2.75, 3.05) is 26.2 Å². The molecule has 0 aromatic rings. The Labute approximate surface area is 81.7 Å². The van der Waals surface area contributed by atoms with E-state index >= 15 is 0 Å². The van der Waals surface area contributed by atoms with Crippen molar-refractivity contribution in [3.8, 4) is 0 Å². The summed E-state index contributed by atoms with van der Waals surface area (Å²) < 4.78 is 0. The van der Waals surface area contributed by atoms with Crippen LogP contribution in [0.3, 0.4) is 0 Å². The zero-order valence-corrected chi connectivity index (χ0v) is 8.92. The van der Waals surface area contributed by atoms with E-state index in [0.29, 0.717) is 5.41 Å². The maximum atomic E-state index is 4.52. The summed E-state index contributed by atoms with van der Waals surface area (Å²) in [5.74, 6) is 0. The zero-order valence-electron chi connectivity index (χ0n) is 8.92. The number of likely N-dealkylation sites (tertiary alicyclic amines) is 1. The minimum absolute atomic E-state index is 0.419. The largest absolute Gasteiger partial charge is 0.300 e. The van der Waals surface area contributed by atoms with Crippen molar-refractivity contribution in [3.63, 3.8) is 0 Å². The van der Waals surface area contributed by atoms with E-state index in [1.54, 1.807) is 0 Å². The second-order valence-corrected chi connectivity index (χ2v) is 5.14. The molecule has 0 aromatic carbocycles. The average Bonchev–Trinajstić information content (AvgIpc) is 2.55. The molecule has 2 aliphatic heterocycles. The number of hydrogen-bond donors (Lipinski definition) is 0. The van der Waals surface area contributed by atoms with E-state index in [-0.39, 0.29) is 0 Å². The Morgan fingerprint density at radius 1 is 1.23 bits per heavy atom. The van der Waals surface area contributed by atoms with Gasteiger partial charge in [-0.2, -0.15) is 0 Å². The Morgan fingerprint density at radius 3 is 2.54 bits per heavy atom. The first kappa shape index (κ1) is 9.47. The van der Waals surface area contributed by atoms with Crippen LogP contribution in [0.5, 0.6) is 0 Å². The predicted octanol–water partition coefficient (Wildman–Crippen LogP) is 1.49. The molecule has 0 aromatic heterocycles. The molecule has 2 heteroatoms. The summed E-state index contributed by atoms with van der Waals surface area (Å²) in [6, 6.07) is 0.799. The van der Waals surface area contributed by atoms with Gasteiger partial charge in [-0.3, -0.25) is 4.90 Å². The minimum Gasteiger partial charge on any atom is -0.300 e. The van der Waals surface area contributed by atoms with E-state index < -0.39 is 0 Å². The highest BCUT2D eigenvalue weighted by Crippen LogP contribution is 2.32. The molecule has 0 aliphatic carbocycles. The first-order valence-electron chi connectivity index (χ1n) is 5.57. The molecule has 2 rings (SSSR count). The lowest BCUT2D eigenvalue weighted by molar-refractivity contribution is 0.0768. The third-order valence-corrected chi connectivity index (χ3v) is 3.56. The Morgan fingerprint density at radius 2 is 1.92 bits per heavy atom. The van der Waals surface area contributed by atoms with E-state index in [9.17, 15) is 0 Å². The van der Waals surface area contributed by atoms with Gasteiger partial charge in [-0.15, -0.1) is 0 Å². The van der Waals surface area contributed by atoms with Gasteiger partial charge in [0.2, 0.25) is 0 Å². The second-order valence-electron chi connectivity index (χ2n) is 5.14. The average molecular weight is 181 g/mol. The molecule has 2 fully saturated rings. The Kier molecular flexibility index (Phi) is 2.61. The van der Waals surface area contributed by atoms with Gasteiger partial charge >= 0.3 is 0 Å². The molecule has 2 aliphatic rings. The molecule has 2 saturated heterocycles. The van der Waals surface area contributed by atoms with Crippen molar-refractivity contribution in [3.05, 3.63) is 0 Å². The summed E-state index contributed by atoms with van der Waals surface area (Å²) in [5.41, 5.74) is 0.419. The van der Waals surface area contributed by atoms with Crippen LogP contribution in [0.2, 0.25) is 0 Å². The van der Waals surface area contributed by atoms with Crippen LogP contribution in [-0.4, -0.2) is 37.1 Å². The smallest absolute Gasteiger partial charge is 0.0199 e. The monoisotopic (exact) mass is 181 g/mol. The molecule has 1 radical (unpaired) electrons. The van der Waals surface area contributed by atoms with Crippen molar-refractivity contribution in [1.29, 1.82) is 0 Å². The van der Waals surface area contributed by atoms with Gasteiger partial charge in [0.1, 0.15) is 0 Å². The zero-order chi connectivity index (χ0) is 9.31. The molecular weight excluding hydrogens is 160 g/mol. The molecular formula is C11H21N2. The van der Waals surface area contributed by atoms with Crippen molar-refractivity contribution in [1.82, 2.24) is 10.2 Å². The van der Waals surface area contributed by atoms with Crippen LogP contribution in [0.15, 0.2) is 0 Å². The first-order chi connectivity index (χ1) is 6.20. The Bertz CT molecular complexity index is 171. The minimum atomic E-state index is 0.419. The van der Waals surface area contributed by atoms with Gasteiger partial charge in [-0.05, 0) is 37.8 Å². The van der Waals surface area contributed by atoms with Gasteiger partial charge in [0.05, 0.1) is 0 Å². The Hall–Kier alpha value is -0.0800. The highest BCUT2D eigenvalue weighted by atomic mass is 15.2. The summed E-state index contributed by atoms with van der Waals surface area (Å²) in [5, 5.41) is 4.52. The van der Waals surface area contributed by atoms with E-state index in [0.717, 1.165) is 19.1 Å². The molecule has 75 valence electrons. The third-order valence-electron chi connectivity index (χ3n) is 3.56. The van der Waals surface area contributed by atoms with Gasteiger partial charge in [0.15, 0.2) is 0 Å². The van der Waals surface area contributed by atoms with Gasteiger partial charge in [0, 0.05) is 19.1 Å². The number of piperidine rings is 1.